The number of hydrogen-bond acceptors (Lipinski definition) is 35. The van der Waals surface area contributed by atoms with Crippen LogP contribution < -0.4 is 37.9 Å². The maximum Gasteiger partial charge on any atom is 0.320 e. The third-order valence-electron chi connectivity index (χ3n) is 15.3. The minimum absolute atomic E-state index is 0. The largest absolute Gasteiger partial charge is 0.489 e. The van der Waals surface area contributed by atoms with Gasteiger partial charge in [0.1, 0.15) is 71.0 Å². The molecule has 0 amide bonds. The summed E-state index contributed by atoms with van der Waals surface area (Å²) in [6.07, 6.45) is 0. The van der Waals surface area contributed by atoms with Gasteiger partial charge in [-0.2, -0.15) is 0 Å². The van der Waals surface area contributed by atoms with E-state index < -0.39 is 69.2 Å². The molecular weight excluding hydrogens is 1650 g/mol. The van der Waals surface area contributed by atoms with Crippen molar-refractivity contribution in [3.63, 3.8) is 0 Å². The van der Waals surface area contributed by atoms with Crippen molar-refractivity contribution in [3.05, 3.63) is 59.2 Å². The van der Waals surface area contributed by atoms with Crippen LogP contribution in [0, 0.1) is 0 Å². The zero-order valence-corrected chi connectivity index (χ0v) is 70.4. The molecule has 118 heavy (non-hydrogen) atoms. The van der Waals surface area contributed by atoms with E-state index in [0.29, 0.717) is 149 Å². The Kier molecular flexibility index (Phi) is 69.6. The molecule has 0 saturated heterocycles. The quantitative estimate of drug-likeness (QED) is 0.0466. The van der Waals surface area contributed by atoms with Gasteiger partial charge in [0, 0.05) is 95.0 Å². The second-order valence-electron chi connectivity index (χ2n) is 24.6. The molecule has 3 rings (SSSR count). The van der Waals surface area contributed by atoms with Crippen molar-refractivity contribution in [3.8, 4) is 46.0 Å². The maximum atomic E-state index is 13.9. The van der Waals surface area contributed by atoms with E-state index >= 15 is 0 Å². The molecule has 0 fully saturated rings. The van der Waals surface area contributed by atoms with Gasteiger partial charge in [-0.1, -0.05) is 7.43 Å². The normalized spacial score (nSPS) is 11.2. The van der Waals surface area contributed by atoms with Crippen LogP contribution in [0.25, 0.3) is 0 Å². The fourth-order valence-electron chi connectivity index (χ4n) is 9.81. The summed E-state index contributed by atoms with van der Waals surface area (Å²) in [4.78, 5) is 64.9. The summed E-state index contributed by atoms with van der Waals surface area (Å²) in [5.74, 6) is -4.02. The summed E-state index contributed by atoms with van der Waals surface area (Å²) in [6.45, 7) is 5.84. The smallest absolute Gasteiger partial charge is 0.320 e. The topological polar surface area (TPSA) is 425 Å². The van der Waals surface area contributed by atoms with E-state index in [2.05, 4.69) is 0 Å². The summed E-state index contributed by atoms with van der Waals surface area (Å²) in [5.41, 5.74) is 1.41. The van der Waals surface area contributed by atoms with Crippen molar-refractivity contribution in [1.29, 1.82) is 0 Å². The van der Waals surface area contributed by atoms with Crippen LogP contribution in [0.15, 0.2) is 42.5 Å². The number of carbonyl (C=O) groups is 5. The molecule has 0 heterocycles. The van der Waals surface area contributed by atoms with E-state index in [4.69, 9.17) is 128 Å². The molecule has 0 aliphatic rings. The van der Waals surface area contributed by atoms with E-state index in [9.17, 15) is 44.4 Å². The summed E-state index contributed by atoms with van der Waals surface area (Å²) < 4.78 is 156. The first-order valence-corrected chi connectivity index (χ1v) is 38.2. The van der Waals surface area contributed by atoms with E-state index in [-0.39, 0.29) is 219 Å². The Bertz CT molecular complexity index is 2760. The Hall–Kier alpha value is -6.78. The van der Waals surface area contributed by atoms with Crippen LogP contribution in [0.1, 0.15) is 24.1 Å². The van der Waals surface area contributed by atoms with E-state index in [1.54, 1.807) is 85.1 Å². The molecule has 40 heteroatoms. The Balaban J connectivity index is 0.0000348. The number of nitrogens with zero attached hydrogens (tertiary/aromatic N) is 3. The first-order valence-electron chi connectivity index (χ1n) is 38.2. The fraction of sp³-hybridized carbons (Fsp3) is 0.705. The Morgan fingerprint density at radius 2 is 0.466 bits per heavy atom. The van der Waals surface area contributed by atoms with Crippen LogP contribution in [-0.2, 0) is 154 Å². The molecule has 0 spiro atoms. The zero-order valence-electron chi connectivity index (χ0n) is 68.6. The molecule has 679 valence electrons. The minimum atomic E-state index is -1.31. The molecule has 0 bridgehead atoms. The Morgan fingerprint density at radius 1 is 0.254 bits per heavy atom. The SMILES string of the molecule is C.COCCOCCOCCOc1cc(COc2cc(COC(=O)CN(CCN(CCN(CC(=O)O)CC(=O)O)CC(=O)O)CC(=O)O)cc(OCc3cc(OCCOCCOCCOC)c(OCCOCCOCCOC)c(OCCOCCOCCOC)c3)c2)cc(OCCOCCOCCOC)c1OCCOCCOCCOC.[Tc]. The van der Waals surface area contributed by atoms with Gasteiger partial charge in [0.2, 0.25) is 11.5 Å². The number of hydrogen-bond donors (Lipinski definition) is 4. The summed E-state index contributed by atoms with van der Waals surface area (Å²) in [5, 5.41) is 38.5. The number of aliphatic carboxylic acids is 4. The molecule has 3 aromatic rings. The molecule has 0 aliphatic carbocycles. The Labute approximate surface area is 705 Å². The first-order chi connectivity index (χ1) is 56.6. The second kappa shape index (κ2) is 75.2. The van der Waals surface area contributed by atoms with E-state index in [1.165, 1.54) is 9.80 Å². The average molecular weight is 1780 g/mol. The van der Waals surface area contributed by atoms with Gasteiger partial charge in [-0.3, -0.25) is 38.7 Å². The number of carbonyl (C=O) groups excluding carboxylic acids is 1. The average Bonchev–Trinajstić information content (AvgIpc) is 0.825. The van der Waals surface area contributed by atoms with Crippen LogP contribution in [0.5, 0.6) is 46.0 Å². The number of rotatable bonds is 84. The number of esters is 1. The van der Waals surface area contributed by atoms with Crippen molar-refractivity contribution < 1.29 is 192 Å². The number of carboxylic acid groups (broad SMARTS) is 4. The number of benzene rings is 3. The van der Waals surface area contributed by atoms with Crippen LogP contribution in [0.3, 0.4) is 0 Å². The molecule has 1 radical (unpaired) electrons. The molecule has 0 aliphatic heterocycles. The van der Waals surface area contributed by atoms with Crippen LogP contribution in [0.4, 0.5) is 0 Å². The van der Waals surface area contributed by atoms with Crippen molar-refractivity contribution in [1.82, 2.24) is 14.7 Å². The van der Waals surface area contributed by atoms with Crippen molar-refractivity contribution in [2.24, 2.45) is 0 Å². The molecule has 4 N–H and O–H groups in total. The second-order valence-corrected chi connectivity index (χ2v) is 24.6. The third kappa shape index (κ3) is 58.2. The monoisotopic (exact) mass is 1780 g/mol. The van der Waals surface area contributed by atoms with Gasteiger partial charge in [0.25, 0.3) is 0 Å². The standard InChI is InChI=1S/C77H125N3O36.CH4.Tc/c1-90-11-17-96-23-29-102-35-41-108-67-49-63(50-68(109-42-36-103-30-24-97-18-12-91-2)76(67)112-45-39-106-33-27-100-21-15-94-5)59-114-65-47-62(61-116-75(89)58-80(57-74(87)88)10-8-78(54-71(81)82)7-9-79(55-72(83)84)56-73(85)86)48-66(53-65)115-60-64-51-69(110-43-37-104-31-25-98-19-13-92-3)77(113-46-40-107-34-28-101-22-16-95-6)70(52-64)111-44-38-105-32-26-99-20-14-93-4;;/h47-53H,7-46,54-61H2,1-6H3,(H,81,82)(H,83,84)(H,85,86)(H,87,88);1H4;. The predicted molar refractivity (Wildman–Crippen MR) is 418 cm³/mol. The summed E-state index contributed by atoms with van der Waals surface area (Å²) >= 11 is 0. The molecule has 0 saturated carbocycles. The summed E-state index contributed by atoms with van der Waals surface area (Å²) in [7, 11) is 9.52. The van der Waals surface area contributed by atoms with Crippen molar-refractivity contribution in [2.75, 3.05) is 339 Å². The van der Waals surface area contributed by atoms with Crippen molar-refractivity contribution in [2.45, 2.75) is 27.2 Å². The zero-order chi connectivity index (χ0) is 84.0. The molecule has 0 unspecified atom stereocenters. The van der Waals surface area contributed by atoms with E-state index in [1.807, 2.05) is 0 Å². The van der Waals surface area contributed by atoms with E-state index in [0.717, 1.165) is 4.90 Å². The molecule has 3 aromatic carbocycles. The maximum absolute atomic E-state index is 13.9. The fourth-order valence-corrected chi connectivity index (χ4v) is 9.81. The predicted octanol–water partition coefficient (Wildman–Crippen LogP) is 3.12. The third-order valence-corrected chi connectivity index (χ3v) is 15.3. The van der Waals surface area contributed by atoms with Gasteiger partial charge in [-0.15, -0.1) is 0 Å². The number of methoxy groups -OCH3 is 6. The first kappa shape index (κ1) is 109. The van der Waals surface area contributed by atoms with Gasteiger partial charge < -0.3 is 148 Å². The van der Waals surface area contributed by atoms with Crippen LogP contribution in [0.2, 0.25) is 0 Å². The minimum Gasteiger partial charge on any atom is -0.489 e. The molecule has 0 atom stereocenters. The van der Waals surface area contributed by atoms with Gasteiger partial charge >= 0.3 is 29.8 Å². The van der Waals surface area contributed by atoms with Crippen LogP contribution in [-0.4, -0.2) is 404 Å². The molecular formula is C78H129N3O36Tc. The van der Waals surface area contributed by atoms with Gasteiger partial charge in [-0.05, 0) is 53.1 Å². The number of carboxylic acids is 4. The van der Waals surface area contributed by atoms with Gasteiger partial charge in [0.15, 0.2) is 23.0 Å². The van der Waals surface area contributed by atoms with Gasteiger partial charge in [-0.25, -0.2) is 0 Å². The van der Waals surface area contributed by atoms with Crippen molar-refractivity contribution >= 4 is 29.8 Å². The van der Waals surface area contributed by atoms with Gasteiger partial charge in [0.05, 0.1) is 231 Å². The summed E-state index contributed by atoms with van der Waals surface area (Å²) in [6, 6.07) is 11.8. The molecule has 39 nitrogen and oxygen atoms in total. The number of ether oxygens (including phenoxy) is 27. The Morgan fingerprint density at radius 3 is 0.720 bits per heavy atom. The molecule has 0 aromatic heterocycles. The van der Waals surface area contributed by atoms with Crippen LogP contribution >= 0.6 is 0 Å².